The number of carbonyl (C=O) groups is 1. The number of aromatic nitrogens is 4. The van der Waals surface area contributed by atoms with E-state index in [0.29, 0.717) is 16.1 Å². The number of hydrogen-bond acceptors (Lipinski definition) is 6. The zero-order chi connectivity index (χ0) is 22.9. The molecule has 32 heavy (non-hydrogen) atoms. The molecule has 3 aromatic heterocycles. The first-order valence-corrected chi connectivity index (χ1v) is 10.4. The fourth-order valence-corrected chi connectivity index (χ4v) is 3.86. The number of aryl methyl sites for hydroxylation is 1. The molecule has 0 aliphatic carbocycles. The highest BCUT2D eigenvalue weighted by Gasteiger charge is 2.33. The summed E-state index contributed by atoms with van der Waals surface area (Å²) in [4.78, 5) is 25.9. The van der Waals surface area contributed by atoms with Crippen LogP contribution in [0.3, 0.4) is 0 Å². The number of amides is 1. The second-order valence-corrected chi connectivity index (χ2v) is 8.32. The molecule has 0 aliphatic heterocycles. The first-order valence-electron chi connectivity index (χ1n) is 9.12. The Kier molecular flexibility index (Phi) is 7.70. The van der Waals surface area contributed by atoms with Crippen LogP contribution >= 0.6 is 0 Å². The summed E-state index contributed by atoms with van der Waals surface area (Å²) in [7, 11) is 3.07. The molecule has 3 aromatic rings. The summed E-state index contributed by atoms with van der Waals surface area (Å²) in [5.41, 5.74) is 0.0654. The molecule has 3 rings (SSSR count). The molecule has 2 N–H and O–H groups in total. The van der Waals surface area contributed by atoms with Gasteiger partial charge in [-0.3, -0.25) is 9.00 Å². The van der Waals surface area contributed by atoms with Crippen molar-refractivity contribution in [2.45, 2.75) is 18.0 Å². The highest BCUT2D eigenvalue weighted by atomic mass is 32.2. The van der Waals surface area contributed by atoms with E-state index in [0.717, 1.165) is 12.3 Å². The van der Waals surface area contributed by atoms with Crippen molar-refractivity contribution in [3.63, 3.8) is 0 Å². The van der Waals surface area contributed by atoms with Crippen LogP contribution in [0.5, 0.6) is 0 Å². The molecule has 0 radical (unpaired) electrons. The van der Waals surface area contributed by atoms with Crippen LogP contribution in [0.2, 0.25) is 0 Å². The van der Waals surface area contributed by atoms with Crippen molar-refractivity contribution in [1.82, 2.24) is 19.5 Å². The van der Waals surface area contributed by atoms with Gasteiger partial charge in [0, 0.05) is 27.0 Å². The smallest absolute Gasteiger partial charge is 0.412 e. The number of ether oxygens (including phenoxy) is 1. The van der Waals surface area contributed by atoms with Crippen LogP contribution in [0.1, 0.15) is 12.6 Å². The van der Waals surface area contributed by atoms with Crippen molar-refractivity contribution in [1.29, 1.82) is 0 Å². The van der Waals surface area contributed by atoms with Gasteiger partial charge in [-0.05, 0) is 12.1 Å². The number of hydrogen-bond donors (Lipinski definition) is 0. The van der Waals surface area contributed by atoms with Gasteiger partial charge in [0.15, 0.2) is 5.82 Å². The van der Waals surface area contributed by atoms with E-state index in [4.69, 9.17) is 4.74 Å². The van der Waals surface area contributed by atoms with Crippen LogP contribution in [0.15, 0.2) is 29.4 Å². The summed E-state index contributed by atoms with van der Waals surface area (Å²) in [6.07, 6.45) is -2.09. The largest absolute Gasteiger partial charge is 0.433 e. The molecule has 3 heterocycles. The third-order valence-electron chi connectivity index (χ3n) is 4.64. The topological polar surface area (TPSA) is 122 Å². The number of methoxy groups -OCH3 is 1. The molecule has 174 valence electrons. The van der Waals surface area contributed by atoms with Gasteiger partial charge in [0.2, 0.25) is 0 Å². The van der Waals surface area contributed by atoms with Crippen LogP contribution in [0.25, 0.3) is 22.6 Å². The predicted octanol–water partition coefficient (Wildman–Crippen LogP) is 1.96. The number of rotatable bonds is 6. The number of anilines is 1. The van der Waals surface area contributed by atoms with Gasteiger partial charge in [0.05, 0.1) is 44.8 Å². The summed E-state index contributed by atoms with van der Waals surface area (Å²) in [6, 6.07) is 2.43. The SMILES string of the molecule is CCS(=O)c1cc(N(C)C(=O)COC)cnc1-c1nc2cc(C(F)(F)F)ncc2n1C.O. The molecule has 0 saturated carbocycles. The van der Waals surface area contributed by atoms with E-state index >= 15 is 0 Å². The van der Waals surface area contributed by atoms with Gasteiger partial charge in [0.1, 0.15) is 18.0 Å². The van der Waals surface area contributed by atoms with E-state index in [1.54, 1.807) is 24.6 Å². The summed E-state index contributed by atoms with van der Waals surface area (Å²) >= 11 is 0. The fourth-order valence-electron chi connectivity index (χ4n) is 2.93. The number of nitrogens with zero attached hydrogens (tertiary/aromatic N) is 5. The molecule has 1 unspecified atom stereocenters. The first kappa shape index (κ1) is 25.4. The molecule has 0 fully saturated rings. The van der Waals surface area contributed by atoms with Crippen molar-refractivity contribution < 1.29 is 32.4 Å². The van der Waals surface area contributed by atoms with E-state index in [1.165, 1.54) is 25.3 Å². The van der Waals surface area contributed by atoms with Gasteiger partial charge in [-0.15, -0.1) is 0 Å². The zero-order valence-corrected chi connectivity index (χ0v) is 18.5. The number of carbonyl (C=O) groups excluding carboxylic acids is 1. The maximum absolute atomic E-state index is 13.0. The van der Waals surface area contributed by atoms with Gasteiger partial charge in [-0.1, -0.05) is 6.92 Å². The Morgan fingerprint density at radius 2 is 1.94 bits per heavy atom. The quantitative estimate of drug-likeness (QED) is 0.540. The third kappa shape index (κ3) is 4.79. The standard InChI is InChI=1S/C19H20F3N5O3S.H2O/c1-5-31(29)14-6-11(26(2)16(28)10-30-4)8-24-17(14)18-25-12-7-15(19(20,21)22)23-9-13(12)27(18)3;/h6-9H,5,10H2,1-4H3;1H2. The summed E-state index contributed by atoms with van der Waals surface area (Å²) in [5, 5.41) is 0. The molecule has 1 atom stereocenters. The maximum atomic E-state index is 13.0. The lowest BCUT2D eigenvalue weighted by atomic mass is 10.3. The number of imidazole rings is 1. The van der Waals surface area contributed by atoms with E-state index in [9.17, 15) is 22.2 Å². The minimum Gasteiger partial charge on any atom is -0.412 e. The molecule has 0 aromatic carbocycles. The molecular weight excluding hydrogens is 451 g/mol. The summed E-state index contributed by atoms with van der Waals surface area (Å²) in [6.45, 7) is 1.59. The molecule has 13 heteroatoms. The number of halogens is 3. The zero-order valence-electron chi connectivity index (χ0n) is 17.7. The second-order valence-electron chi connectivity index (χ2n) is 6.61. The Hall–Kier alpha value is -2.90. The minimum absolute atomic E-state index is 0. The highest BCUT2D eigenvalue weighted by Crippen LogP contribution is 2.32. The van der Waals surface area contributed by atoms with Gasteiger partial charge in [0.25, 0.3) is 5.91 Å². The van der Waals surface area contributed by atoms with Crippen LogP contribution in [-0.4, -0.2) is 61.6 Å². The molecule has 0 saturated heterocycles. The molecule has 0 aliphatic rings. The molecule has 1 amide bonds. The first-order chi connectivity index (χ1) is 14.6. The Morgan fingerprint density at radius 1 is 1.25 bits per heavy atom. The Balaban J connectivity index is 0.00000363. The molecule has 9 nitrogen and oxygen atoms in total. The van der Waals surface area contributed by atoms with Crippen molar-refractivity contribution in [2.24, 2.45) is 7.05 Å². The van der Waals surface area contributed by atoms with E-state index in [-0.39, 0.29) is 40.8 Å². The van der Waals surface area contributed by atoms with Crippen LogP contribution in [0.4, 0.5) is 18.9 Å². The van der Waals surface area contributed by atoms with E-state index < -0.39 is 22.7 Å². The van der Waals surface area contributed by atoms with Crippen LogP contribution in [0, 0.1) is 0 Å². The molecule has 0 spiro atoms. The maximum Gasteiger partial charge on any atom is 0.433 e. The second kappa shape index (κ2) is 9.71. The number of pyridine rings is 2. The average Bonchev–Trinajstić information content (AvgIpc) is 3.07. The highest BCUT2D eigenvalue weighted by molar-refractivity contribution is 7.85. The number of likely N-dealkylation sites (N-methyl/N-ethyl adjacent to an activating group) is 1. The summed E-state index contributed by atoms with van der Waals surface area (Å²) < 4.78 is 58.2. The number of alkyl halides is 3. The van der Waals surface area contributed by atoms with Gasteiger partial charge < -0.3 is 19.7 Å². The third-order valence-corrected chi connectivity index (χ3v) is 5.97. The van der Waals surface area contributed by atoms with E-state index in [1.807, 2.05) is 0 Å². The van der Waals surface area contributed by atoms with Gasteiger partial charge in [-0.2, -0.15) is 13.2 Å². The Labute approximate surface area is 184 Å². The number of fused-ring (bicyclic) bond motifs is 1. The van der Waals surface area contributed by atoms with Crippen molar-refractivity contribution in [3.8, 4) is 11.5 Å². The lowest BCUT2D eigenvalue weighted by molar-refractivity contribution is -0.141. The van der Waals surface area contributed by atoms with Gasteiger partial charge in [-0.25, -0.2) is 15.0 Å². The van der Waals surface area contributed by atoms with E-state index in [2.05, 4.69) is 15.0 Å². The monoisotopic (exact) mass is 473 g/mol. The lowest BCUT2D eigenvalue weighted by Gasteiger charge is -2.18. The minimum atomic E-state index is -4.60. The summed E-state index contributed by atoms with van der Waals surface area (Å²) in [5.74, 6) is 0.196. The lowest BCUT2D eigenvalue weighted by Crippen LogP contribution is -2.30. The Bertz CT molecular complexity index is 1170. The van der Waals surface area contributed by atoms with Gasteiger partial charge >= 0.3 is 6.18 Å². The Morgan fingerprint density at radius 3 is 2.53 bits per heavy atom. The molecule has 0 bridgehead atoms. The average molecular weight is 473 g/mol. The van der Waals surface area contributed by atoms with Crippen molar-refractivity contribution >= 4 is 33.4 Å². The predicted molar refractivity (Wildman–Crippen MR) is 113 cm³/mol. The fraction of sp³-hybridized carbons (Fsp3) is 0.368. The van der Waals surface area contributed by atoms with Crippen molar-refractivity contribution in [2.75, 3.05) is 31.4 Å². The normalized spacial score (nSPS) is 12.5. The van der Waals surface area contributed by atoms with Crippen LogP contribution in [-0.2, 0) is 33.6 Å². The van der Waals surface area contributed by atoms with Crippen molar-refractivity contribution in [3.05, 3.63) is 30.2 Å². The van der Waals surface area contributed by atoms with Crippen LogP contribution < -0.4 is 4.90 Å². The molecular formula is C19H22F3N5O4S.